The third-order valence-electron chi connectivity index (χ3n) is 6.30. The Bertz CT molecular complexity index is 1100. The maximum Gasteiger partial charge on any atom is 0.303 e. The Balaban J connectivity index is 1.41. The highest BCUT2D eigenvalue weighted by Gasteiger charge is 2.24. The molecule has 0 spiro atoms. The quantitative estimate of drug-likeness (QED) is 0.345. The normalized spacial score (nSPS) is 14.7. The smallest absolute Gasteiger partial charge is 0.303 e. The lowest BCUT2D eigenvalue weighted by Crippen LogP contribution is -2.03. The van der Waals surface area contributed by atoms with Crippen LogP contribution in [0.1, 0.15) is 60.8 Å². The van der Waals surface area contributed by atoms with Gasteiger partial charge in [0.05, 0.1) is 13.0 Å². The van der Waals surface area contributed by atoms with Gasteiger partial charge in [-0.25, -0.2) is 0 Å². The summed E-state index contributed by atoms with van der Waals surface area (Å²) in [6.45, 7) is 5.49. The standard InChI is InChI=1S/C29H32O4/c1-3-4-15-32-28-14-5-20(2)16-27(28)22-8-6-21(7-9-22)19-33-25-12-13-26-23(17-25)10-11-24(26)18-29(30)31/h5-9,12-14,16-17,24H,3-4,10-11,15,18-19H2,1-2H3,(H,30,31). The highest BCUT2D eigenvalue weighted by molar-refractivity contribution is 5.71. The van der Waals surface area contributed by atoms with E-state index in [0.717, 1.165) is 66.0 Å². The molecule has 0 saturated carbocycles. The lowest BCUT2D eigenvalue weighted by atomic mass is 9.98. The molecular weight excluding hydrogens is 412 g/mol. The molecule has 1 aliphatic rings. The molecule has 1 aliphatic carbocycles. The first-order chi connectivity index (χ1) is 16.0. The number of carboxylic acids is 1. The van der Waals surface area contributed by atoms with E-state index < -0.39 is 5.97 Å². The Labute approximate surface area is 196 Å². The summed E-state index contributed by atoms with van der Waals surface area (Å²) in [7, 11) is 0. The summed E-state index contributed by atoms with van der Waals surface area (Å²) >= 11 is 0. The molecule has 4 heteroatoms. The average Bonchev–Trinajstić information content (AvgIpc) is 3.20. The number of benzene rings is 3. The van der Waals surface area contributed by atoms with E-state index in [0.29, 0.717) is 6.61 Å². The number of aryl methyl sites for hydroxylation is 2. The fourth-order valence-corrected chi connectivity index (χ4v) is 4.46. The number of hydrogen-bond acceptors (Lipinski definition) is 3. The van der Waals surface area contributed by atoms with Crippen LogP contribution >= 0.6 is 0 Å². The van der Waals surface area contributed by atoms with Gasteiger partial charge < -0.3 is 14.6 Å². The third-order valence-corrected chi connectivity index (χ3v) is 6.30. The fourth-order valence-electron chi connectivity index (χ4n) is 4.46. The van der Waals surface area contributed by atoms with E-state index in [1.165, 1.54) is 11.1 Å². The topological polar surface area (TPSA) is 55.8 Å². The predicted molar refractivity (Wildman–Crippen MR) is 131 cm³/mol. The minimum atomic E-state index is -0.734. The van der Waals surface area contributed by atoms with Crippen molar-refractivity contribution in [1.82, 2.24) is 0 Å². The molecular formula is C29H32O4. The zero-order chi connectivity index (χ0) is 23.2. The molecule has 0 amide bonds. The maximum absolute atomic E-state index is 11.1. The molecule has 172 valence electrons. The summed E-state index contributed by atoms with van der Waals surface area (Å²) in [5.74, 6) is 1.15. The Hall–Kier alpha value is -3.27. The highest BCUT2D eigenvalue weighted by Crippen LogP contribution is 2.37. The maximum atomic E-state index is 11.1. The Morgan fingerprint density at radius 2 is 1.85 bits per heavy atom. The first-order valence-corrected chi connectivity index (χ1v) is 11.8. The van der Waals surface area contributed by atoms with Crippen LogP contribution in [0.25, 0.3) is 11.1 Å². The minimum absolute atomic E-state index is 0.122. The Morgan fingerprint density at radius 1 is 1.03 bits per heavy atom. The summed E-state index contributed by atoms with van der Waals surface area (Å²) in [4.78, 5) is 11.1. The van der Waals surface area contributed by atoms with Crippen LogP contribution in [0.15, 0.2) is 60.7 Å². The van der Waals surface area contributed by atoms with Gasteiger partial charge in [0.15, 0.2) is 0 Å². The zero-order valence-electron chi connectivity index (χ0n) is 19.5. The fraction of sp³-hybridized carbons (Fsp3) is 0.345. The summed E-state index contributed by atoms with van der Waals surface area (Å²) in [5.41, 5.74) is 6.93. The Morgan fingerprint density at radius 3 is 2.61 bits per heavy atom. The molecule has 0 aromatic heterocycles. The van der Waals surface area contributed by atoms with Crippen molar-refractivity contribution in [2.75, 3.05) is 6.61 Å². The van der Waals surface area contributed by atoms with Crippen LogP contribution in [0.5, 0.6) is 11.5 Å². The van der Waals surface area contributed by atoms with Gasteiger partial charge in [0.25, 0.3) is 0 Å². The van der Waals surface area contributed by atoms with Gasteiger partial charge >= 0.3 is 5.97 Å². The molecule has 0 bridgehead atoms. The minimum Gasteiger partial charge on any atom is -0.493 e. The van der Waals surface area contributed by atoms with Crippen molar-refractivity contribution in [3.8, 4) is 22.6 Å². The van der Waals surface area contributed by atoms with Gasteiger partial charge in [0, 0.05) is 5.56 Å². The zero-order valence-corrected chi connectivity index (χ0v) is 19.5. The number of unbranched alkanes of at least 4 members (excludes halogenated alkanes) is 1. The van der Waals surface area contributed by atoms with E-state index >= 15 is 0 Å². The predicted octanol–water partition coefficient (Wildman–Crippen LogP) is 6.92. The van der Waals surface area contributed by atoms with E-state index in [4.69, 9.17) is 14.6 Å². The van der Waals surface area contributed by atoms with Crippen LogP contribution in [0.3, 0.4) is 0 Å². The van der Waals surface area contributed by atoms with Gasteiger partial charge in [-0.15, -0.1) is 0 Å². The Kier molecular flexibility index (Phi) is 7.33. The second kappa shape index (κ2) is 10.6. The molecule has 1 N–H and O–H groups in total. The summed E-state index contributed by atoms with van der Waals surface area (Å²) in [6, 6.07) is 20.8. The van der Waals surface area contributed by atoms with Gasteiger partial charge in [-0.1, -0.05) is 55.3 Å². The van der Waals surface area contributed by atoms with E-state index in [-0.39, 0.29) is 12.3 Å². The molecule has 4 rings (SSSR count). The van der Waals surface area contributed by atoms with Crippen molar-refractivity contribution < 1.29 is 19.4 Å². The van der Waals surface area contributed by atoms with Crippen LogP contribution in [-0.4, -0.2) is 17.7 Å². The van der Waals surface area contributed by atoms with Crippen molar-refractivity contribution in [3.63, 3.8) is 0 Å². The summed E-state index contributed by atoms with van der Waals surface area (Å²) in [6.07, 6.45) is 4.18. The molecule has 0 aliphatic heterocycles. The molecule has 0 radical (unpaired) electrons. The van der Waals surface area contributed by atoms with Crippen LogP contribution in [-0.2, 0) is 17.8 Å². The number of ether oxygens (including phenoxy) is 2. The van der Waals surface area contributed by atoms with E-state index in [1.54, 1.807) is 0 Å². The molecule has 3 aromatic rings. The second-order valence-corrected chi connectivity index (χ2v) is 8.88. The monoisotopic (exact) mass is 444 g/mol. The lowest BCUT2D eigenvalue weighted by molar-refractivity contribution is -0.137. The number of carboxylic acid groups (broad SMARTS) is 1. The molecule has 4 nitrogen and oxygen atoms in total. The molecule has 1 atom stereocenters. The molecule has 33 heavy (non-hydrogen) atoms. The molecule has 3 aromatic carbocycles. The van der Waals surface area contributed by atoms with Crippen LogP contribution < -0.4 is 9.47 Å². The number of rotatable bonds is 10. The second-order valence-electron chi connectivity index (χ2n) is 8.88. The summed E-state index contributed by atoms with van der Waals surface area (Å²) < 4.78 is 12.1. The first-order valence-electron chi connectivity index (χ1n) is 11.8. The average molecular weight is 445 g/mol. The van der Waals surface area contributed by atoms with Crippen molar-refractivity contribution in [2.45, 2.75) is 58.5 Å². The van der Waals surface area contributed by atoms with Crippen molar-refractivity contribution in [2.24, 2.45) is 0 Å². The highest BCUT2D eigenvalue weighted by atomic mass is 16.5. The van der Waals surface area contributed by atoms with Crippen LogP contribution in [0.2, 0.25) is 0 Å². The van der Waals surface area contributed by atoms with E-state index in [9.17, 15) is 4.79 Å². The molecule has 0 heterocycles. The van der Waals surface area contributed by atoms with Gasteiger partial charge in [-0.05, 0) is 78.6 Å². The van der Waals surface area contributed by atoms with Crippen molar-refractivity contribution >= 4 is 5.97 Å². The van der Waals surface area contributed by atoms with Crippen molar-refractivity contribution in [1.29, 1.82) is 0 Å². The van der Waals surface area contributed by atoms with Crippen LogP contribution in [0, 0.1) is 6.92 Å². The molecule has 0 fully saturated rings. The van der Waals surface area contributed by atoms with Gasteiger partial charge in [0.2, 0.25) is 0 Å². The summed E-state index contributed by atoms with van der Waals surface area (Å²) in [5, 5.41) is 9.10. The van der Waals surface area contributed by atoms with Gasteiger partial charge in [-0.2, -0.15) is 0 Å². The molecule has 0 saturated heterocycles. The van der Waals surface area contributed by atoms with Crippen LogP contribution in [0.4, 0.5) is 0 Å². The first kappa shape index (κ1) is 22.9. The largest absolute Gasteiger partial charge is 0.493 e. The number of carbonyl (C=O) groups is 1. The van der Waals surface area contributed by atoms with E-state index in [1.807, 2.05) is 12.1 Å². The van der Waals surface area contributed by atoms with Crippen molar-refractivity contribution in [3.05, 3.63) is 82.9 Å². The van der Waals surface area contributed by atoms with E-state index in [2.05, 4.69) is 62.4 Å². The lowest BCUT2D eigenvalue weighted by Gasteiger charge is -2.13. The SMILES string of the molecule is CCCCOc1ccc(C)cc1-c1ccc(COc2ccc3c(c2)CCC3CC(=O)O)cc1. The van der Waals surface area contributed by atoms with Gasteiger partial charge in [0.1, 0.15) is 18.1 Å². The number of aliphatic carboxylic acids is 1. The number of fused-ring (bicyclic) bond motifs is 1. The number of hydrogen-bond donors (Lipinski definition) is 1. The van der Waals surface area contributed by atoms with Gasteiger partial charge in [-0.3, -0.25) is 4.79 Å². The molecule has 1 unspecified atom stereocenters. The third kappa shape index (κ3) is 5.75.